The van der Waals surface area contributed by atoms with Crippen molar-refractivity contribution in [3.63, 3.8) is 0 Å². The molecule has 0 saturated heterocycles. The molecule has 0 aromatic heterocycles. The van der Waals surface area contributed by atoms with Gasteiger partial charge in [0.05, 0.1) is 10.6 Å². The van der Waals surface area contributed by atoms with Crippen molar-refractivity contribution < 1.29 is 20.7 Å². The highest BCUT2D eigenvalue weighted by atomic mass is 79.9. The van der Waals surface area contributed by atoms with Gasteiger partial charge in [-0.25, -0.2) is 8.42 Å². The number of nitrogens with one attached hydrogen (secondary N) is 1. The van der Waals surface area contributed by atoms with E-state index >= 15 is 0 Å². The normalized spacial score (nSPS) is 12.1. The van der Waals surface area contributed by atoms with Crippen LogP contribution in [0.15, 0.2) is 62.8 Å². The molecule has 0 aliphatic heterocycles. The molecule has 0 radical (unpaired) electrons. The molecule has 2 rings (SSSR count). The van der Waals surface area contributed by atoms with Gasteiger partial charge in [-0.3, -0.25) is 4.72 Å². The van der Waals surface area contributed by atoms with E-state index < -0.39 is 25.1 Å². The third-order valence-electron chi connectivity index (χ3n) is 2.50. The van der Waals surface area contributed by atoms with Crippen molar-refractivity contribution in [2.24, 2.45) is 0 Å². The molecule has 1 N–H and O–H groups in total. The third-order valence-corrected chi connectivity index (χ3v) is 5.24. The smallest absolute Gasteiger partial charge is 0.278 e. The lowest BCUT2D eigenvalue weighted by atomic mass is 10.3. The Hall–Kier alpha value is -1.45. The van der Waals surface area contributed by atoms with Crippen molar-refractivity contribution in [2.45, 2.75) is 9.79 Å². The first-order chi connectivity index (χ1) is 9.70. The minimum atomic E-state index is -5.03. The summed E-state index contributed by atoms with van der Waals surface area (Å²) in [6, 6.07) is 10.7. The number of hydrogen-bond donors (Lipinski definition) is 1. The summed E-state index contributed by atoms with van der Waals surface area (Å²) >= 11 is 3.14. The highest BCUT2D eigenvalue weighted by molar-refractivity contribution is 9.10. The van der Waals surface area contributed by atoms with Crippen LogP contribution in [0.4, 0.5) is 9.57 Å². The van der Waals surface area contributed by atoms with E-state index in [1.54, 1.807) is 6.07 Å². The molecule has 0 fully saturated rings. The lowest BCUT2D eigenvalue weighted by Crippen LogP contribution is -2.14. The van der Waals surface area contributed by atoms with E-state index in [1.807, 2.05) is 0 Å². The average molecular weight is 394 g/mol. The monoisotopic (exact) mass is 393 g/mol. The van der Waals surface area contributed by atoms with Crippen molar-refractivity contribution >= 4 is 41.9 Å². The first-order valence-electron chi connectivity index (χ1n) is 5.52. The molecule has 21 heavy (non-hydrogen) atoms. The van der Waals surface area contributed by atoms with Crippen LogP contribution in [0.25, 0.3) is 0 Å². The van der Waals surface area contributed by atoms with Gasteiger partial charge in [0.1, 0.15) is 4.90 Å². The topological polar surface area (TPSA) is 80.3 Å². The second-order valence-electron chi connectivity index (χ2n) is 4.00. The van der Waals surface area contributed by atoms with E-state index in [1.165, 1.54) is 36.4 Å². The van der Waals surface area contributed by atoms with Gasteiger partial charge in [0.25, 0.3) is 10.0 Å². The van der Waals surface area contributed by atoms with Crippen LogP contribution in [0.2, 0.25) is 0 Å². The second-order valence-corrected chi connectivity index (χ2v) is 7.91. The molecular formula is C12H9BrFNO4S2. The van der Waals surface area contributed by atoms with E-state index in [2.05, 4.69) is 20.7 Å². The molecule has 5 nitrogen and oxygen atoms in total. The SMILES string of the molecule is O=S(=O)(F)c1ccccc1NS(=O)(=O)c1cccc(Br)c1. The fourth-order valence-corrected chi connectivity index (χ4v) is 3.96. The first-order valence-corrected chi connectivity index (χ1v) is 9.18. The van der Waals surface area contributed by atoms with Crippen molar-refractivity contribution in [3.05, 3.63) is 53.0 Å². The zero-order chi connectivity index (χ0) is 15.7. The molecule has 0 atom stereocenters. The van der Waals surface area contributed by atoms with Gasteiger partial charge in [0, 0.05) is 4.47 Å². The fraction of sp³-hybridized carbons (Fsp3) is 0. The summed E-state index contributed by atoms with van der Waals surface area (Å²) in [6.07, 6.45) is 0. The Labute approximate surface area is 130 Å². The molecule has 0 amide bonds. The quantitative estimate of drug-likeness (QED) is 0.809. The Bertz CT molecular complexity index is 882. The summed E-state index contributed by atoms with van der Waals surface area (Å²) in [4.78, 5) is -0.813. The molecular weight excluding hydrogens is 385 g/mol. The number of hydrogen-bond acceptors (Lipinski definition) is 4. The van der Waals surface area contributed by atoms with Gasteiger partial charge in [0.15, 0.2) is 0 Å². The molecule has 9 heteroatoms. The zero-order valence-electron chi connectivity index (χ0n) is 10.3. The number of halogens is 2. The molecule has 2 aromatic carbocycles. The number of sulfonamides is 1. The van der Waals surface area contributed by atoms with Crippen molar-refractivity contribution in [1.29, 1.82) is 0 Å². The first kappa shape index (κ1) is 15.9. The van der Waals surface area contributed by atoms with Gasteiger partial charge in [-0.1, -0.05) is 34.1 Å². The summed E-state index contributed by atoms with van der Waals surface area (Å²) < 4.78 is 62.2. The number of rotatable bonds is 4. The Morgan fingerprint density at radius 3 is 2.24 bits per heavy atom. The molecule has 0 spiro atoms. The highest BCUT2D eigenvalue weighted by Gasteiger charge is 2.21. The minimum Gasteiger partial charge on any atom is -0.278 e. The zero-order valence-corrected chi connectivity index (χ0v) is 13.5. The van der Waals surface area contributed by atoms with Crippen molar-refractivity contribution in [1.82, 2.24) is 0 Å². The van der Waals surface area contributed by atoms with Crippen LogP contribution in [0.5, 0.6) is 0 Å². The van der Waals surface area contributed by atoms with Gasteiger partial charge < -0.3 is 0 Å². The molecule has 0 heterocycles. The van der Waals surface area contributed by atoms with Gasteiger partial charge in [-0.2, -0.15) is 8.42 Å². The summed E-state index contributed by atoms with van der Waals surface area (Å²) in [7, 11) is -9.06. The van der Waals surface area contributed by atoms with Gasteiger partial charge >= 0.3 is 10.2 Å². The maximum atomic E-state index is 13.2. The summed E-state index contributed by atoms with van der Waals surface area (Å²) in [6.45, 7) is 0. The maximum Gasteiger partial charge on any atom is 0.334 e. The van der Waals surface area contributed by atoms with Crippen LogP contribution in [-0.2, 0) is 20.2 Å². The standard InChI is InChI=1S/C12H9BrFNO4S2/c13-9-4-3-5-10(8-9)21(18,19)15-11-6-1-2-7-12(11)20(14,16)17/h1-8,15H. The lowest BCUT2D eigenvalue weighted by Gasteiger charge is -2.10. The fourth-order valence-electron chi connectivity index (χ4n) is 1.60. The molecule has 0 bridgehead atoms. The van der Waals surface area contributed by atoms with Crippen molar-refractivity contribution in [2.75, 3.05) is 4.72 Å². The van der Waals surface area contributed by atoms with E-state index in [-0.39, 0.29) is 10.6 Å². The van der Waals surface area contributed by atoms with Crippen LogP contribution in [-0.4, -0.2) is 16.8 Å². The summed E-state index contributed by atoms with van der Waals surface area (Å²) in [5, 5.41) is 0. The summed E-state index contributed by atoms with van der Waals surface area (Å²) in [5.41, 5.74) is -0.347. The molecule has 0 saturated carbocycles. The maximum absolute atomic E-state index is 13.2. The summed E-state index contributed by atoms with van der Waals surface area (Å²) in [5.74, 6) is 0. The van der Waals surface area contributed by atoms with Crippen LogP contribution >= 0.6 is 15.9 Å². The minimum absolute atomic E-state index is 0.0806. The van der Waals surface area contributed by atoms with Gasteiger partial charge in [-0.15, -0.1) is 3.89 Å². The predicted molar refractivity (Wildman–Crippen MR) is 79.7 cm³/mol. The Morgan fingerprint density at radius 1 is 0.952 bits per heavy atom. The second kappa shape index (κ2) is 5.74. The highest BCUT2D eigenvalue weighted by Crippen LogP contribution is 2.26. The number of benzene rings is 2. The van der Waals surface area contributed by atoms with Crippen LogP contribution in [0, 0.1) is 0 Å². The molecule has 112 valence electrons. The molecule has 2 aromatic rings. The van der Waals surface area contributed by atoms with Crippen LogP contribution in [0.3, 0.4) is 0 Å². The number of para-hydroxylation sites is 1. The third kappa shape index (κ3) is 3.80. The Kier molecular flexibility index (Phi) is 4.35. The van der Waals surface area contributed by atoms with Crippen LogP contribution in [0.1, 0.15) is 0 Å². The van der Waals surface area contributed by atoms with Crippen molar-refractivity contribution in [3.8, 4) is 0 Å². The van der Waals surface area contributed by atoms with Crippen LogP contribution < -0.4 is 4.72 Å². The average Bonchev–Trinajstić information content (AvgIpc) is 2.37. The lowest BCUT2D eigenvalue weighted by molar-refractivity contribution is 0.552. The van der Waals surface area contributed by atoms with E-state index in [0.29, 0.717) is 4.47 Å². The van der Waals surface area contributed by atoms with Gasteiger partial charge in [-0.05, 0) is 30.3 Å². The number of anilines is 1. The van der Waals surface area contributed by atoms with E-state index in [0.717, 1.165) is 6.07 Å². The Morgan fingerprint density at radius 2 is 1.62 bits per heavy atom. The van der Waals surface area contributed by atoms with E-state index in [4.69, 9.17) is 0 Å². The predicted octanol–water partition coefficient (Wildman–Crippen LogP) is 2.91. The molecule has 0 aliphatic rings. The van der Waals surface area contributed by atoms with E-state index in [9.17, 15) is 20.7 Å². The Balaban J connectivity index is 2.48. The molecule has 0 unspecified atom stereocenters. The van der Waals surface area contributed by atoms with Gasteiger partial charge in [0.2, 0.25) is 0 Å². The largest absolute Gasteiger partial charge is 0.334 e. The molecule has 0 aliphatic carbocycles.